The molecule has 1 heterocycles. The lowest BCUT2D eigenvalue weighted by Gasteiger charge is -2.37. The number of amides is 2. The first-order valence-electron chi connectivity index (χ1n) is 13.6. The van der Waals surface area contributed by atoms with Gasteiger partial charge in [-0.3, -0.25) is 10.3 Å². The van der Waals surface area contributed by atoms with Gasteiger partial charge in [0.15, 0.2) is 0 Å². The van der Waals surface area contributed by atoms with E-state index >= 15 is 0 Å². The number of nitrogens with one attached hydrogen (secondary N) is 2. The topological polar surface area (TPSA) is 88.7 Å². The Balaban J connectivity index is 1.30. The number of urea groups is 1. The van der Waals surface area contributed by atoms with Crippen molar-refractivity contribution in [1.29, 1.82) is 5.41 Å². The summed E-state index contributed by atoms with van der Waals surface area (Å²) in [4.78, 5) is 22.3. The molecule has 4 aromatic rings. The Morgan fingerprint density at radius 2 is 1.62 bits per heavy atom. The van der Waals surface area contributed by atoms with Crippen molar-refractivity contribution < 1.29 is 4.79 Å². The van der Waals surface area contributed by atoms with Gasteiger partial charge in [-0.2, -0.15) is 4.83 Å². The van der Waals surface area contributed by atoms with Crippen LogP contribution in [0.25, 0.3) is 11.1 Å². The number of carbonyl (C=O) groups is 1. The van der Waals surface area contributed by atoms with E-state index in [0.29, 0.717) is 35.2 Å². The van der Waals surface area contributed by atoms with E-state index < -0.39 is 0 Å². The number of carbonyl (C=O) groups excluding carboxylic acids is 1. The summed E-state index contributed by atoms with van der Waals surface area (Å²) in [6, 6.07) is 31.1. The molecule has 7 nitrogen and oxygen atoms in total. The molecule has 0 unspecified atom stereocenters. The summed E-state index contributed by atoms with van der Waals surface area (Å²) in [5, 5.41) is 10.6. The van der Waals surface area contributed by atoms with E-state index in [-0.39, 0.29) is 11.9 Å². The fourth-order valence-corrected chi connectivity index (χ4v) is 6.04. The van der Waals surface area contributed by atoms with Crippen LogP contribution in [0.5, 0.6) is 0 Å². The van der Waals surface area contributed by atoms with E-state index in [2.05, 4.69) is 34.0 Å². The van der Waals surface area contributed by atoms with Crippen LogP contribution in [0, 0.1) is 5.41 Å². The summed E-state index contributed by atoms with van der Waals surface area (Å²) in [7, 11) is 0. The minimum atomic E-state index is -0.105. The van der Waals surface area contributed by atoms with Crippen LogP contribution in [0.15, 0.2) is 102 Å². The van der Waals surface area contributed by atoms with Crippen molar-refractivity contribution in [2.24, 2.45) is 5.73 Å². The number of nitrogens with two attached hydrogens (primary N) is 1. The van der Waals surface area contributed by atoms with Gasteiger partial charge in [-0.25, -0.2) is 9.80 Å². The van der Waals surface area contributed by atoms with Crippen molar-refractivity contribution in [2.45, 2.75) is 18.0 Å². The van der Waals surface area contributed by atoms with Gasteiger partial charge < -0.3 is 10.6 Å². The Morgan fingerprint density at radius 3 is 2.36 bits per heavy atom. The fourth-order valence-electron chi connectivity index (χ4n) is 4.83. The molecule has 1 saturated heterocycles. The Bertz CT molecular complexity index is 1550. The number of piperazine rings is 1. The van der Waals surface area contributed by atoms with Crippen LogP contribution in [0.2, 0.25) is 10.0 Å². The fraction of sp³-hybridized carbons (Fsp3) is 0.188. The maximum absolute atomic E-state index is 13.8. The summed E-state index contributed by atoms with van der Waals surface area (Å²) in [6.07, 6.45) is 0. The molecular formula is C32H32Cl2N6OS. The third kappa shape index (κ3) is 7.85. The summed E-state index contributed by atoms with van der Waals surface area (Å²) in [5.74, 6) is -0.00993. The molecule has 0 radical (unpaired) electrons. The highest BCUT2D eigenvalue weighted by atomic mass is 35.5. The third-order valence-electron chi connectivity index (χ3n) is 7.05. The normalized spacial score (nSPS) is 13.6. The Morgan fingerprint density at radius 1 is 0.881 bits per heavy atom. The lowest BCUT2D eigenvalue weighted by molar-refractivity contribution is 0.103. The van der Waals surface area contributed by atoms with E-state index in [4.69, 9.17) is 34.3 Å². The number of amidine groups is 1. The van der Waals surface area contributed by atoms with Crippen LogP contribution in [0.3, 0.4) is 0 Å². The van der Waals surface area contributed by atoms with Crippen LogP contribution >= 0.6 is 35.1 Å². The van der Waals surface area contributed by atoms with Crippen molar-refractivity contribution in [3.63, 3.8) is 0 Å². The van der Waals surface area contributed by atoms with Crippen LogP contribution in [0.1, 0.15) is 16.7 Å². The highest BCUT2D eigenvalue weighted by Crippen LogP contribution is 2.32. The maximum Gasteiger partial charge on any atom is 0.335 e. The average Bonchev–Trinajstić information content (AvgIpc) is 3.00. The number of hydrogen-bond donors (Lipinski definition) is 3. The van der Waals surface area contributed by atoms with Gasteiger partial charge in [-0.05, 0) is 59.0 Å². The van der Waals surface area contributed by atoms with E-state index in [0.717, 1.165) is 41.2 Å². The maximum atomic E-state index is 13.8. The van der Waals surface area contributed by atoms with Crippen molar-refractivity contribution in [1.82, 2.24) is 19.6 Å². The lowest BCUT2D eigenvalue weighted by atomic mass is 10.1. The van der Waals surface area contributed by atoms with Gasteiger partial charge in [0, 0.05) is 58.8 Å². The van der Waals surface area contributed by atoms with E-state index in [9.17, 15) is 4.79 Å². The zero-order valence-electron chi connectivity index (χ0n) is 23.0. The standard InChI is InChI=1S/C32H32Cl2N6OS/c33-27-12-13-29(30(34)20-27)25-9-5-11-28(19-25)42-37-40(22-24-8-4-10-26(18-24)31(35)36)32(41)39-16-14-38(15-17-39)21-23-6-2-1-3-7-23/h1-13,18-20,37H,14-17,21-22H2,(H3,35,36). The van der Waals surface area contributed by atoms with Crippen LogP contribution < -0.4 is 10.6 Å². The molecule has 42 heavy (non-hydrogen) atoms. The molecule has 1 aliphatic heterocycles. The highest BCUT2D eigenvalue weighted by molar-refractivity contribution is 7.97. The zero-order chi connectivity index (χ0) is 29.5. The molecule has 0 aromatic heterocycles. The molecule has 0 saturated carbocycles. The van der Waals surface area contributed by atoms with Gasteiger partial charge in [-0.1, -0.05) is 89.9 Å². The van der Waals surface area contributed by atoms with Gasteiger partial charge in [0.2, 0.25) is 0 Å². The van der Waals surface area contributed by atoms with Crippen molar-refractivity contribution in [3.8, 4) is 11.1 Å². The van der Waals surface area contributed by atoms with Gasteiger partial charge >= 0.3 is 6.03 Å². The molecule has 0 aliphatic carbocycles. The van der Waals surface area contributed by atoms with Crippen molar-refractivity contribution >= 4 is 47.0 Å². The largest absolute Gasteiger partial charge is 0.384 e. The number of benzene rings is 4. The lowest BCUT2D eigenvalue weighted by Crippen LogP contribution is -2.54. The Labute approximate surface area is 260 Å². The predicted molar refractivity (Wildman–Crippen MR) is 173 cm³/mol. The molecule has 0 bridgehead atoms. The van der Waals surface area contributed by atoms with Gasteiger partial charge in [0.25, 0.3) is 0 Å². The first-order valence-corrected chi connectivity index (χ1v) is 15.2. The first kappa shape index (κ1) is 29.9. The molecule has 4 aromatic carbocycles. The van der Waals surface area contributed by atoms with Gasteiger partial charge in [0.05, 0.1) is 6.54 Å². The van der Waals surface area contributed by atoms with Crippen LogP contribution in [-0.2, 0) is 13.1 Å². The van der Waals surface area contributed by atoms with Gasteiger partial charge in [-0.15, -0.1) is 0 Å². The molecule has 1 aliphatic rings. The Kier molecular flexibility index (Phi) is 10.0. The SMILES string of the molecule is N=C(N)c1cccc(CN(NSc2cccc(-c3ccc(Cl)cc3Cl)c2)C(=O)N2CCN(Cc3ccccc3)CC2)c1. The molecule has 5 rings (SSSR count). The first-order chi connectivity index (χ1) is 20.4. The highest BCUT2D eigenvalue weighted by Gasteiger charge is 2.26. The molecule has 10 heteroatoms. The van der Waals surface area contributed by atoms with Crippen LogP contribution in [-0.4, -0.2) is 52.9 Å². The molecule has 1 fully saturated rings. The minimum absolute atomic E-state index is 0.00993. The molecule has 2 amide bonds. The average molecular weight is 620 g/mol. The summed E-state index contributed by atoms with van der Waals surface area (Å²) >= 11 is 13.9. The molecular weight excluding hydrogens is 587 g/mol. The smallest absolute Gasteiger partial charge is 0.335 e. The second-order valence-corrected chi connectivity index (χ2v) is 11.8. The monoisotopic (exact) mass is 618 g/mol. The zero-order valence-corrected chi connectivity index (χ0v) is 25.3. The van der Waals surface area contributed by atoms with E-state index in [1.165, 1.54) is 17.5 Å². The molecule has 0 spiro atoms. The summed E-state index contributed by atoms with van der Waals surface area (Å²) < 4.78 is 0. The predicted octanol–water partition coefficient (Wildman–Crippen LogP) is 6.90. The minimum Gasteiger partial charge on any atom is -0.384 e. The summed E-state index contributed by atoms with van der Waals surface area (Å²) in [6.45, 7) is 4.03. The molecule has 216 valence electrons. The second-order valence-electron chi connectivity index (χ2n) is 10.1. The number of halogens is 2. The quantitative estimate of drug-likeness (QED) is 0.0822. The molecule has 0 atom stereocenters. The molecule has 4 N–H and O–H groups in total. The summed E-state index contributed by atoms with van der Waals surface area (Å²) in [5.41, 5.74) is 10.3. The third-order valence-corrected chi connectivity index (χ3v) is 8.40. The number of hydrogen-bond acceptors (Lipinski definition) is 5. The number of hydrazine groups is 1. The van der Waals surface area contributed by atoms with Crippen molar-refractivity contribution in [3.05, 3.63) is 124 Å². The van der Waals surface area contributed by atoms with Crippen molar-refractivity contribution in [2.75, 3.05) is 26.2 Å². The Hall–Kier alpha value is -3.53. The number of nitrogens with zero attached hydrogens (tertiary/aromatic N) is 3. The number of rotatable bonds is 9. The van der Waals surface area contributed by atoms with E-state index in [1.807, 2.05) is 65.6 Å². The van der Waals surface area contributed by atoms with Crippen LogP contribution in [0.4, 0.5) is 4.79 Å². The van der Waals surface area contributed by atoms with E-state index in [1.54, 1.807) is 17.1 Å². The van der Waals surface area contributed by atoms with Gasteiger partial charge in [0.1, 0.15) is 5.84 Å². The number of nitrogen functional groups attached to an aromatic ring is 1. The second kappa shape index (κ2) is 14.1.